The molecule has 0 aromatic heterocycles. The van der Waals surface area contributed by atoms with Gasteiger partial charge in [0.1, 0.15) is 0 Å². The van der Waals surface area contributed by atoms with Crippen LogP contribution in [0.1, 0.15) is 30.5 Å². The zero-order chi connectivity index (χ0) is 10.1. The second-order valence-corrected chi connectivity index (χ2v) is 4.04. The van der Waals surface area contributed by atoms with E-state index in [0.29, 0.717) is 0 Å². The maximum atomic E-state index is 5.53. The Kier molecular flexibility index (Phi) is 2.48. The highest BCUT2D eigenvalue weighted by Crippen LogP contribution is 2.28. The summed E-state index contributed by atoms with van der Waals surface area (Å²) in [5, 5.41) is 0. The summed E-state index contributed by atoms with van der Waals surface area (Å²) in [6.45, 7) is 8.40. The Bertz CT molecular complexity index is 331. The molecule has 0 atom stereocenters. The van der Waals surface area contributed by atoms with Crippen LogP contribution in [0.15, 0.2) is 18.2 Å². The molecule has 13 heavy (non-hydrogen) atoms. The van der Waals surface area contributed by atoms with Crippen molar-refractivity contribution < 1.29 is 0 Å². The topological polar surface area (TPSA) is 0 Å². The summed E-state index contributed by atoms with van der Waals surface area (Å²) in [6, 6.07) is 6.30. The van der Waals surface area contributed by atoms with Gasteiger partial charge in [-0.15, -0.1) is 6.42 Å². The summed E-state index contributed by atoms with van der Waals surface area (Å²) >= 11 is 0. The van der Waals surface area contributed by atoms with Crippen molar-refractivity contribution in [2.75, 3.05) is 0 Å². The molecule has 0 radical (unpaired) electrons. The van der Waals surface area contributed by atoms with Gasteiger partial charge in [0.2, 0.25) is 0 Å². The number of hydrogen-bond acceptors (Lipinski definition) is 0. The number of terminal acetylenes is 1. The Morgan fingerprint density at radius 3 is 2.00 bits per heavy atom. The highest BCUT2D eigenvalue weighted by molar-refractivity contribution is 5.43. The van der Waals surface area contributed by atoms with Gasteiger partial charge < -0.3 is 0 Å². The standard InChI is InChI=1S/C13H16/c1-6-13(4,5)12-10(2)8-7-9-11(12)3/h1,7-9H,2-5H3. The lowest BCUT2D eigenvalue weighted by molar-refractivity contribution is 0.687. The molecule has 0 saturated heterocycles. The van der Waals surface area contributed by atoms with Crippen molar-refractivity contribution in [3.8, 4) is 12.3 Å². The Labute approximate surface area is 81.0 Å². The third-order valence-corrected chi connectivity index (χ3v) is 2.47. The van der Waals surface area contributed by atoms with Gasteiger partial charge in [0.15, 0.2) is 0 Å². The summed E-state index contributed by atoms with van der Waals surface area (Å²) < 4.78 is 0. The first-order chi connectivity index (χ1) is 5.99. The van der Waals surface area contributed by atoms with Gasteiger partial charge in [-0.1, -0.05) is 24.1 Å². The molecular weight excluding hydrogens is 156 g/mol. The van der Waals surface area contributed by atoms with Gasteiger partial charge in [0.05, 0.1) is 5.41 Å². The predicted octanol–water partition coefficient (Wildman–Crippen LogP) is 3.21. The zero-order valence-electron chi connectivity index (χ0n) is 8.81. The average molecular weight is 172 g/mol. The zero-order valence-corrected chi connectivity index (χ0v) is 8.81. The van der Waals surface area contributed by atoms with Gasteiger partial charge in [-0.3, -0.25) is 0 Å². The van der Waals surface area contributed by atoms with E-state index in [1.165, 1.54) is 16.7 Å². The molecule has 0 bridgehead atoms. The fourth-order valence-electron chi connectivity index (χ4n) is 1.87. The molecule has 0 fully saturated rings. The minimum atomic E-state index is -0.157. The van der Waals surface area contributed by atoms with E-state index < -0.39 is 0 Å². The van der Waals surface area contributed by atoms with Gasteiger partial charge in [0, 0.05) is 0 Å². The summed E-state index contributed by atoms with van der Waals surface area (Å²) in [5.41, 5.74) is 3.69. The van der Waals surface area contributed by atoms with Crippen molar-refractivity contribution in [3.63, 3.8) is 0 Å². The van der Waals surface area contributed by atoms with Gasteiger partial charge in [-0.05, 0) is 44.4 Å². The molecule has 0 N–H and O–H groups in total. The van der Waals surface area contributed by atoms with E-state index in [-0.39, 0.29) is 5.41 Å². The van der Waals surface area contributed by atoms with E-state index in [1.807, 2.05) is 0 Å². The van der Waals surface area contributed by atoms with E-state index >= 15 is 0 Å². The molecule has 0 saturated carbocycles. The van der Waals surface area contributed by atoms with E-state index in [0.717, 1.165) is 0 Å². The van der Waals surface area contributed by atoms with Crippen LogP contribution < -0.4 is 0 Å². The number of benzene rings is 1. The minimum Gasteiger partial charge on any atom is -0.119 e. The number of rotatable bonds is 1. The normalized spacial score (nSPS) is 11.0. The fourth-order valence-corrected chi connectivity index (χ4v) is 1.87. The molecule has 0 aliphatic carbocycles. The molecule has 1 aromatic rings. The molecule has 0 heteroatoms. The van der Waals surface area contributed by atoms with Crippen LogP contribution in [0.3, 0.4) is 0 Å². The van der Waals surface area contributed by atoms with Crippen molar-refractivity contribution in [3.05, 3.63) is 34.9 Å². The average Bonchev–Trinajstić information content (AvgIpc) is 2.03. The van der Waals surface area contributed by atoms with Crippen LogP contribution in [-0.2, 0) is 5.41 Å². The maximum Gasteiger partial charge on any atom is 0.0509 e. The van der Waals surface area contributed by atoms with Crippen LogP contribution in [0.25, 0.3) is 0 Å². The monoisotopic (exact) mass is 172 g/mol. The fraction of sp³-hybridized carbons (Fsp3) is 0.385. The molecular formula is C13H16. The third-order valence-electron chi connectivity index (χ3n) is 2.47. The number of hydrogen-bond donors (Lipinski definition) is 0. The summed E-state index contributed by atoms with van der Waals surface area (Å²) in [4.78, 5) is 0. The SMILES string of the molecule is C#CC(C)(C)c1c(C)cccc1C. The van der Waals surface area contributed by atoms with Gasteiger partial charge >= 0.3 is 0 Å². The molecule has 0 unspecified atom stereocenters. The van der Waals surface area contributed by atoms with Crippen LogP contribution in [0, 0.1) is 26.2 Å². The molecule has 0 amide bonds. The number of aryl methyl sites for hydroxylation is 2. The predicted molar refractivity (Wildman–Crippen MR) is 57.8 cm³/mol. The second-order valence-electron chi connectivity index (χ2n) is 4.04. The van der Waals surface area contributed by atoms with Crippen molar-refractivity contribution >= 4 is 0 Å². The Morgan fingerprint density at radius 1 is 1.15 bits per heavy atom. The highest BCUT2D eigenvalue weighted by atomic mass is 14.2. The van der Waals surface area contributed by atoms with Crippen molar-refractivity contribution in [2.24, 2.45) is 0 Å². The first kappa shape index (κ1) is 9.86. The first-order valence-electron chi connectivity index (χ1n) is 4.53. The van der Waals surface area contributed by atoms with Gasteiger partial charge in [0.25, 0.3) is 0 Å². The smallest absolute Gasteiger partial charge is 0.0509 e. The van der Waals surface area contributed by atoms with Crippen molar-refractivity contribution in [1.29, 1.82) is 0 Å². The van der Waals surface area contributed by atoms with Crippen LogP contribution in [0.4, 0.5) is 0 Å². The molecule has 0 nitrogen and oxygen atoms in total. The van der Waals surface area contributed by atoms with Crippen LogP contribution in [0.2, 0.25) is 0 Å². The molecule has 0 aliphatic rings. The second kappa shape index (κ2) is 3.26. The lowest BCUT2D eigenvalue weighted by Gasteiger charge is -2.22. The Morgan fingerprint density at radius 2 is 1.62 bits per heavy atom. The molecule has 68 valence electrons. The van der Waals surface area contributed by atoms with Crippen LogP contribution >= 0.6 is 0 Å². The van der Waals surface area contributed by atoms with E-state index in [4.69, 9.17) is 6.42 Å². The Hall–Kier alpha value is -1.22. The van der Waals surface area contributed by atoms with E-state index in [2.05, 4.69) is 51.8 Å². The Balaban J connectivity index is 3.38. The van der Waals surface area contributed by atoms with Crippen molar-refractivity contribution in [1.82, 2.24) is 0 Å². The van der Waals surface area contributed by atoms with E-state index in [1.54, 1.807) is 0 Å². The molecule has 0 aliphatic heterocycles. The summed E-state index contributed by atoms with van der Waals surface area (Å²) in [5.74, 6) is 2.84. The highest BCUT2D eigenvalue weighted by Gasteiger charge is 2.20. The van der Waals surface area contributed by atoms with Crippen LogP contribution in [0.5, 0.6) is 0 Å². The molecule has 1 rings (SSSR count). The van der Waals surface area contributed by atoms with Gasteiger partial charge in [-0.2, -0.15) is 0 Å². The lowest BCUT2D eigenvalue weighted by atomic mass is 9.80. The maximum absolute atomic E-state index is 5.53. The molecule has 1 aromatic carbocycles. The minimum absolute atomic E-state index is 0.157. The first-order valence-corrected chi connectivity index (χ1v) is 4.53. The quantitative estimate of drug-likeness (QED) is 0.571. The van der Waals surface area contributed by atoms with E-state index in [9.17, 15) is 0 Å². The summed E-state index contributed by atoms with van der Waals surface area (Å²) in [6.07, 6.45) is 5.53. The van der Waals surface area contributed by atoms with Crippen LogP contribution in [-0.4, -0.2) is 0 Å². The third kappa shape index (κ3) is 1.75. The van der Waals surface area contributed by atoms with Crippen molar-refractivity contribution in [2.45, 2.75) is 33.1 Å². The largest absolute Gasteiger partial charge is 0.119 e. The molecule has 0 spiro atoms. The summed E-state index contributed by atoms with van der Waals surface area (Å²) in [7, 11) is 0. The van der Waals surface area contributed by atoms with Gasteiger partial charge in [-0.25, -0.2) is 0 Å². The molecule has 0 heterocycles. The lowest BCUT2D eigenvalue weighted by Crippen LogP contribution is -2.17.